The molecule has 0 fully saturated rings. The summed E-state index contributed by atoms with van der Waals surface area (Å²) in [5.41, 5.74) is 5.87. The lowest BCUT2D eigenvalue weighted by Gasteiger charge is -2.21. The number of carbonyl (C=O) groups is 3. The Morgan fingerprint density at radius 3 is 2.46 bits per heavy atom. The van der Waals surface area contributed by atoms with Gasteiger partial charge in [-0.05, 0) is 24.1 Å². The van der Waals surface area contributed by atoms with Crippen LogP contribution >= 0.6 is 0 Å². The van der Waals surface area contributed by atoms with Crippen LogP contribution < -0.4 is 16.4 Å². The van der Waals surface area contributed by atoms with Crippen LogP contribution in [-0.2, 0) is 20.8 Å². The summed E-state index contributed by atoms with van der Waals surface area (Å²) >= 11 is 0. The highest BCUT2D eigenvalue weighted by Gasteiger charge is 2.25. The predicted molar refractivity (Wildman–Crippen MR) is 88.4 cm³/mol. The molecule has 0 spiro atoms. The minimum atomic E-state index is -0.909. The van der Waals surface area contributed by atoms with E-state index < -0.39 is 35.6 Å². The van der Waals surface area contributed by atoms with Crippen molar-refractivity contribution in [2.45, 2.75) is 51.6 Å². The fourth-order valence-corrected chi connectivity index (χ4v) is 2.32. The maximum Gasteiger partial charge on any atom is 0.243 e. The third-order valence-corrected chi connectivity index (χ3v) is 3.53. The van der Waals surface area contributed by atoms with Crippen LogP contribution in [0.2, 0.25) is 0 Å². The third kappa shape index (κ3) is 6.76. The van der Waals surface area contributed by atoms with Gasteiger partial charge in [0.15, 0.2) is 0 Å². The van der Waals surface area contributed by atoms with E-state index in [0.717, 1.165) is 12.8 Å². The molecule has 7 heteroatoms. The summed E-state index contributed by atoms with van der Waals surface area (Å²) in [6.07, 6.45) is 2.15. The lowest BCUT2D eigenvalue weighted by molar-refractivity contribution is -0.130. The van der Waals surface area contributed by atoms with E-state index in [0.29, 0.717) is 12.0 Å². The molecule has 1 rings (SSSR count). The van der Waals surface area contributed by atoms with E-state index in [9.17, 15) is 18.8 Å². The fourth-order valence-electron chi connectivity index (χ4n) is 2.32. The van der Waals surface area contributed by atoms with Gasteiger partial charge in [-0.25, -0.2) is 4.39 Å². The quantitative estimate of drug-likeness (QED) is 0.627. The first-order chi connectivity index (χ1) is 11.3. The molecule has 0 saturated carbocycles. The van der Waals surface area contributed by atoms with Gasteiger partial charge in [0.05, 0.1) is 0 Å². The van der Waals surface area contributed by atoms with Crippen molar-refractivity contribution in [3.05, 3.63) is 35.6 Å². The molecule has 0 radical (unpaired) electrons. The first-order valence-corrected chi connectivity index (χ1v) is 7.94. The molecule has 0 saturated heterocycles. The van der Waals surface area contributed by atoms with Gasteiger partial charge in [-0.3, -0.25) is 14.4 Å². The molecule has 0 heterocycles. The molecule has 0 bridgehead atoms. The van der Waals surface area contributed by atoms with Gasteiger partial charge in [-0.15, -0.1) is 0 Å². The lowest BCUT2D eigenvalue weighted by atomic mass is 10.0. The summed E-state index contributed by atoms with van der Waals surface area (Å²) in [4.78, 5) is 35.2. The standard InChI is InChI=1S/C17H24FN3O3/c1-3-4-8-14(16(19)23)21-17(24)15(20-11(2)22)10-12-6-5-7-13(18)9-12/h5-7,9,14-15H,3-4,8,10H2,1-2H3,(H2,19,23)(H,20,22)(H,21,24)/t14-,15-/m0/s1. The summed E-state index contributed by atoms with van der Waals surface area (Å²) in [6.45, 7) is 3.25. The SMILES string of the molecule is CCCC[C@H](NC(=O)[C@H](Cc1cccc(F)c1)NC(C)=O)C(N)=O. The molecule has 0 unspecified atom stereocenters. The summed E-state index contributed by atoms with van der Waals surface area (Å²) < 4.78 is 13.3. The number of benzene rings is 1. The smallest absolute Gasteiger partial charge is 0.243 e. The monoisotopic (exact) mass is 337 g/mol. The van der Waals surface area contributed by atoms with Crippen molar-refractivity contribution >= 4 is 17.7 Å². The topological polar surface area (TPSA) is 101 Å². The third-order valence-electron chi connectivity index (χ3n) is 3.53. The Morgan fingerprint density at radius 1 is 1.21 bits per heavy atom. The number of carbonyl (C=O) groups excluding carboxylic acids is 3. The number of hydrogen-bond donors (Lipinski definition) is 3. The molecule has 4 N–H and O–H groups in total. The van der Waals surface area contributed by atoms with Crippen LogP contribution in [0.1, 0.15) is 38.7 Å². The van der Waals surface area contributed by atoms with Crippen LogP contribution in [0.5, 0.6) is 0 Å². The summed E-state index contributed by atoms with van der Waals surface area (Å²) in [5.74, 6) is -1.96. The van der Waals surface area contributed by atoms with Crippen molar-refractivity contribution in [3.8, 4) is 0 Å². The Balaban J connectivity index is 2.83. The second-order valence-electron chi connectivity index (χ2n) is 5.69. The number of hydrogen-bond acceptors (Lipinski definition) is 3. The van der Waals surface area contributed by atoms with Crippen LogP contribution in [0.25, 0.3) is 0 Å². The van der Waals surface area contributed by atoms with E-state index in [2.05, 4.69) is 10.6 Å². The van der Waals surface area contributed by atoms with Crippen molar-refractivity contribution in [1.29, 1.82) is 0 Å². The molecule has 1 aromatic rings. The van der Waals surface area contributed by atoms with Gasteiger partial charge >= 0.3 is 0 Å². The molecule has 24 heavy (non-hydrogen) atoms. The zero-order valence-corrected chi connectivity index (χ0v) is 14.0. The van der Waals surface area contributed by atoms with E-state index >= 15 is 0 Å². The second kappa shape index (κ2) is 9.64. The van der Waals surface area contributed by atoms with E-state index in [4.69, 9.17) is 5.73 Å². The number of nitrogens with one attached hydrogen (secondary N) is 2. The summed E-state index contributed by atoms with van der Waals surface area (Å²) in [6, 6.07) is 4.08. The van der Waals surface area contributed by atoms with E-state index in [1.165, 1.54) is 25.1 Å². The zero-order chi connectivity index (χ0) is 18.1. The van der Waals surface area contributed by atoms with E-state index in [1.54, 1.807) is 6.07 Å². The van der Waals surface area contributed by atoms with Crippen molar-refractivity contribution in [2.24, 2.45) is 5.73 Å². The van der Waals surface area contributed by atoms with Gasteiger partial charge in [0.25, 0.3) is 0 Å². The normalized spacial score (nSPS) is 13.0. The number of unbranched alkanes of at least 4 members (excludes halogenated alkanes) is 1. The molecule has 132 valence electrons. The highest BCUT2D eigenvalue weighted by atomic mass is 19.1. The molecule has 6 nitrogen and oxygen atoms in total. The molecular weight excluding hydrogens is 313 g/mol. The lowest BCUT2D eigenvalue weighted by Crippen LogP contribution is -2.53. The minimum absolute atomic E-state index is 0.114. The highest BCUT2D eigenvalue weighted by molar-refractivity contribution is 5.91. The van der Waals surface area contributed by atoms with Crippen molar-refractivity contribution in [2.75, 3.05) is 0 Å². The number of amides is 3. The van der Waals surface area contributed by atoms with Gasteiger partial charge in [0.1, 0.15) is 17.9 Å². The van der Waals surface area contributed by atoms with Crippen molar-refractivity contribution < 1.29 is 18.8 Å². The number of rotatable bonds is 9. The van der Waals surface area contributed by atoms with Crippen molar-refractivity contribution in [3.63, 3.8) is 0 Å². The highest BCUT2D eigenvalue weighted by Crippen LogP contribution is 2.08. The predicted octanol–water partition coefficient (Wildman–Crippen LogP) is 1.03. The Hall–Kier alpha value is -2.44. The molecule has 0 aromatic heterocycles. The molecule has 1 aromatic carbocycles. The first-order valence-electron chi connectivity index (χ1n) is 7.94. The number of primary amides is 1. The maximum atomic E-state index is 13.3. The fraction of sp³-hybridized carbons (Fsp3) is 0.471. The van der Waals surface area contributed by atoms with E-state index in [-0.39, 0.29) is 6.42 Å². The first kappa shape index (κ1) is 19.6. The van der Waals surface area contributed by atoms with Crippen LogP contribution in [0.4, 0.5) is 4.39 Å². The maximum absolute atomic E-state index is 13.3. The minimum Gasteiger partial charge on any atom is -0.368 e. The van der Waals surface area contributed by atoms with Gasteiger partial charge in [0, 0.05) is 13.3 Å². The Morgan fingerprint density at radius 2 is 1.92 bits per heavy atom. The van der Waals surface area contributed by atoms with Crippen LogP contribution in [-0.4, -0.2) is 29.8 Å². The summed E-state index contributed by atoms with van der Waals surface area (Å²) in [7, 11) is 0. The largest absolute Gasteiger partial charge is 0.368 e. The molecule has 0 aliphatic heterocycles. The van der Waals surface area contributed by atoms with Crippen LogP contribution in [0.15, 0.2) is 24.3 Å². The van der Waals surface area contributed by atoms with Crippen molar-refractivity contribution in [1.82, 2.24) is 10.6 Å². The zero-order valence-electron chi connectivity index (χ0n) is 14.0. The molecule has 0 aliphatic carbocycles. The molecule has 2 atom stereocenters. The average molecular weight is 337 g/mol. The summed E-state index contributed by atoms with van der Waals surface area (Å²) in [5, 5.41) is 5.09. The second-order valence-corrected chi connectivity index (χ2v) is 5.69. The number of halogens is 1. The Bertz CT molecular complexity index is 592. The van der Waals surface area contributed by atoms with Gasteiger partial charge in [0.2, 0.25) is 17.7 Å². The van der Waals surface area contributed by atoms with Crippen LogP contribution in [0, 0.1) is 5.82 Å². The Kier molecular flexibility index (Phi) is 7.88. The number of nitrogens with two attached hydrogens (primary N) is 1. The molecular formula is C17H24FN3O3. The van der Waals surface area contributed by atoms with Crippen LogP contribution in [0.3, 0.4) is 0 Å². The molecule has 3 amide bonds. The van der Waals surface area contributed by atoms with E-state index in [1.807, 2.05) is 6.92 Å². The Labute approximate surface area is 141 Å². The van der Waals surface area contributed by atoms with Gasteiger partial charge in [-0.1, -0.05) is 31.9 Å². The van der Waals surface area contributed by atoms with Gasteiger partial charge in [-0.2, -0.15) is 0 Å². The molecule has 0 aliphatic rings. The van der Waals surface area contributed by atoms with Gasteiger partial charge < -0.3 is 16.4 Å². The average Bonchev–Trinajstić information content (AvgIpc) is 2.49.